The van der Waals surface area contributed by atoms with E-state index in [0.717, 1.165) is 18.6 Å². The van der Waals surface area contributed by atoms with Gasteiger partial charge in [0.25, 0.3) is 0 Å². The average molecular weight is 319 g/mol. The quantitative estimate of drug-likeness (QED) is 0.478. The summed E-state index contributed by atoms with van der Waals surface area (Å²) in [6, 6.07) is 14.3. The third-order valence-corrected chi connectivity index (χ3v) is 4.66. The molecule has 122 valence electrons. The molecule has 0 atom stereocenters. The van der Waals surface area contributed by atoms with Crippen molar-refractivity contribution in [3.8, 4) is 5.75 Å². The van der Waals surface area contributed by atoms with Gasteiger partial charge in [-0.2, -0.15) is 11.3 Å². The molecular formula is C20H30OS. The van der Waals surface area contributed by atoms with Crippen LogP contribution >= 0.6 is 11.3 Å². The number of hydrogen-bond acceptors (Lipinski definition) is 2. The lowest BCUT2D eigenvalue weighted by atomic mass is 9.90. The Bertz CT molecular complexity index is 429. The minimum atomic E-state index is 0.0382. The fourth-order valence-corrected chi connectivity index (χ4v) is 2.92. The van der Waals surface area contributed by atoms with Crippen LogP contribution in [-0.2, 0) is 0 Å². The first-order chi connectivity index (χ1) is 10.8. The fourth-order valence-electron chi connectivity index (χ4n) is 2.46. The molecule has 0 unspecified atom stereocenters. The summed E-state index contributed by atoms with van der Waals surface area (Å²) in [5, 5.41) is 4.08. The van der Waals surface area contributed by atoms with E-state index in [1.807, 2.05) is 41.1 Å². The van der Waals surface area contributed by atoms with E-state index >= 15 is 0 Å². The Balaban J connectivity index is 0.000000406. The number of unbranched alkanes of at least 4 members (excludes halogenated alkanes) is 2. The van der Waals surface area contributed by atoms with Crippen LogP contribution in [0.5, 0.6) is 5.75 Å². The first kappa shape index (κ1) is 18.8. The van der Waals surface area contributed by atoms with E-state index in [0.29, 0.717) is 0 Å². The van der Waals surface area contributed by atoms with Crippen LogP contribution in [-0.4, -0.2) is 5.60 Å². The summed E-state index contributed by atoms with van der Waals surface area (Å²) in [6.45, 7) is 6.72. The molecule has 0 bridgehead atoms. The van der Waals surface area contributed by atoms with Gasteiger partial charge in [-0.25, -0.2) is 0 Å². The zero-order chi connectivity index (χ0) is 16.1. The summed E-state index contributed by atoms with van der Waals surface area (Å²) in [5.74, 6) is 1.01. The van der Waals surface area contributed by atoms with E-state index in [2.05, 4.69) is 32.9 Å². The molecule has 0 saturated heterocycles. The molecule has 1 nitrogen and oxygen atoms in total. The summed E-state index contributed by atoms with van der Waals surface area (Å²) >= 11 is 1.71. The topological polar surface area (TPSA) is 9.23 Å². The predicted octanol–water partition coefficient (Wildman–Crippen LogP) is 6.95. The molecule has 0 N–H and O–H groups in total. The highest BCUT2D eigenvalue weighted by Gasteiger charge is 2.27. The summed E-state index contributed by atoms with van der Waals surface area (Å²) in [6.07, 6.45) is 7.19. The van der Waals surface area contributed by atoms with Gasteiger partial charge < -0.3 is 4.74 Å². The minimum Gasteiger partial charge on any atom is -0.487 e. The van der Waals surface area contributed by atoms with Crippen LogP contribution in [0.4, 0.5) is 0 Å². The van der Waals surface area contributed by atoms with Gasteiger partial charge in [-0.05, 0) is 48.6 Å². The first-order valence-corrected chi connectivity index (χ1v) is 9.42. The van der Waals surface area contributed by atoms with E-state index in [-0.39, 0.29) is 5.60 Å². The van der Waals surface area contributed by atoms with Gasteiger partial charge in [-0.3, -0.25) is 0 Å². The second-order valence-electron chi connectivity index (χ2n) is 5.56. The maximum Gasteiger partial charge on any atom is 0.120 e. The zero-order valence-corrected chi connectivity index (χ0v) is 15.1. The second-order valence-corrected chi connectivity index (χ2v) is 6.37. The molecule has 0 spiro atoms. The Morgan fingerprint density at radius 1 is 0.864 bits per heavy atom. The Labute approximate surface area is 140 Å². The average Bonchev–Trinajstić information content (AvgIpc) is 3.15. The van der Waals surface area contributed by atoms with Crippen LogP contribution in [0, 0.1) is 0 Å². The molecule has 2 heteroatoms. The van der Waals surface area contributed by atoms with Crippen molar-refractivity contribution in [2.75, 3.05) is 0 Å². The number of benzene rings is 1. The minimum absolute atomic E-state index is 0.0382. The van der Waals surface area contributed by atoms with Crippen LogP contribution in [0.1, 0.15) is 59.3 Å². The van der Waals surface area contributed by atoms with Crippen LogP contribution in [0.25, 0.3) is 0 Å². The number of rotatable bonds is 8. The van der Waals surface area contributed by atoms with Gasteiger partial charge in [0.1, 0.15) is 11.4 Å². The van der Waals surface area contributed by atoms with Crippen molar-refractivity contribution in [3.05, 3.63) is 53.2 Å². The molecule has 0 fully saturated rings. The Hall–Kier alpha value is -1.28. The summed E-state index contributed by atoms with van der Waals surface area (Å²) in [4.78, 5) is 0. The standard InChI is InChI=1S/C16H26O.C4H4S/c1-4-7-11-14-16(5-2,6-3)17-15-12-9-8-10-13-15;1-2-4-5-3-1/h8-10,12-13H,4-7,11,14H2,1-3H3;1-4H. The SMILES string of the molecule is CCCCCC(CC)(CC)Oc1ccccc1.c1ccsc1. The van der Waals surface area contributed by atoms with E-state index in [4.69, 9.17) is 4.74 Å². The summed E-state index contributed by atoms with van der Waals surface area (Å²) in [7, 11) is 0. The highest BCUT2D eigenvalue weighted by molar-refractivity contribution is 7.07. The largest absolute Gasteiger partial charge is 0.487 e. The van der Waals surface area contributed by atoms with Crippen LogP contribution in [0.3, 0.4) is 0 Å². The Kier molecular flexibility index (Phi) is 9.65. The molecule has 1 aromatic heterocycles. The first-order valence-electron chi connectivity index (χ1n) is 8.47. The molecule has 0 aliphatic carbocycles. The van der Waals surface area contributed by atoms with E-state index < -0.39 is 0 Å². The lowest BCUT2D eigenvalue weighted by Gasteiger charge is -2.33. The Morgan fingerprint density at radius 3 is 1.95 bits per heavy atom. The van der Waals surface area contributed by atoms with E-state index in [1.165, 1.54) is 25.7 Å². The molecule has 0 aliphatic rings. The van der Waals surface area contributed by atoms with Gasteiger partial charge in [-0.1, -0.05) is 63.9 Å². The molecule has 0 aliphatic heterocycles. The molecule has 1 heterocycles. The van der Waals surface area contributed by atoms with Gasteiger partial charge in [-0.15, -0.1) is 0 Å². The van der Waals surface area contributed by atoms with Gasteiger partial charge in [0.15, 0.2) is 0 Å². The number of hydrogen-bond donors (Lipinski definition) is 0. The van der Waals surface area contributed by atoms with Gasteiger partial charge in [0.2, 0.25) is 0 Å². The van der Waals surface area contributed by atoms with Crippen molar-refractivity contribution in [1.29, 1.82) is 0 Å². The van der Waals surface area contributed by atoms with Crippen molar-refractivity contribution < 1.29 is 4.74 Å². The van der Waals surface area contributed by atoms with Crippen molar-refractivity contribution in [1.82, 2.24) is 0 Å². The number of para-hydroxylation sites is 1. The van der Waals surface area contributed by atoms with E-state index in [1.54, 1.807) is 11.3 Å². The summed E-state index contributed by atoms with van der Waals surface area (Å²) in [5.41, 5.74) is 0.0382. The molecular weight excluding hydrogens is 288 g/mol. The monoisotopic (exact) mass is 318 g/mol. The maximum absolute atomic E-state index is 6.25. The van der Waals surface area contributed by atoms with Crippen LogP contribution in [0.15, 0.2) is 53.2 Å². The summed E-state index contributed by atoms with van der Waals surface area (Å²) < 4.78 is 6.25. The van der Waals surface area contributed by atoms with Crippen molar-refractivity contribution >= 4 is 11.3 Å². The second kappa shape index (κ2) is 11.3. The van der Waals surface area contributed by atoms with Gasteiger partial charge in [0.05, 0.1) is 0 Å². The smallest absolute Gasteiger partial charge is 0.120 e. The molecule has 22 heavy (non-hydrogen) atoms. The Morgan fingerprint density at radius 2 is 1.50 bits per heavy atom. The predicted molar refractivity (Wildman–Crippen MR) is 98.8 cm³/mol. The number of ether oxygens (including phenoxy) is 1. The fraction of sp³-hybridized carbons (Fsp3) is 0.500. The molecule has 0 amide bonds. The molecule has 2 aromatic rings. The van der Waals surface area contributed by atoms with E-state index in [9.17, 15) is 0 Å². The normalized spacial score (nSPS) is 10.7. The highest BCUT2D eigenvalue weighted by Crippen LogP contribution is 2.29. The highest BCUT2D eigenvalue weighted by atomic mass is 32.1. The molecule has 0 radical (unpaired) electrons. The zero-order valence-electron chi connectivity index (χ0n) is 14.3. The van der Waals surface area contributed by atoms with Crippen molar-refractivity contribution in [3.63, 3.8) is 0 Å². The van der Waals surface area contributed by atoms with Gasteiger partial charge in [0, 0.05) is 0 Å². The lowest BCUT2D eigenvalue weighted by molar-refractivity contribution is 0.0484. The maximum atomic E-state index is 6.25. The third kappa shape index (κ3) is 7.13. The van der Waals surface area contributed by atoms with Crippen LogP contribution in [0.2, 0.25) is 0 Å². The molecule has 1 aromatic carbocycles. The third-order valence-electron chi connectivity index (χ3n) is 4.03. The van der Waals surface area contributed by atoms with Crippen molar-refractivity contribution in [2.45, 2.75) is 64.9 Å². The van der Waals surface area contributed by atoms with Gasteiger partial charge >= 0.3 is 0 Å². The van der Waals surface area contributed by atoms with Crippen LogP contribution < -0.4 is 4.74 Å². The number of thiophene rings is 1. The molecule has 2 rings (SSSR count). The van der Waals surface area contributed by atoms with Crippen molar-refractivity contribution in [2.24, 2.45) is 0 Å². The molecule has 0 saturated carbocycles. The lowest BCUT2D eigenvalue weighted by Crippen LogP contribution is -2.34.